The molecule has 134 valence electrons. The van der Waals surface area contributed by atoms with Gasteiger partial charge in [-0.1, -0.05) is 0 Å². The van der Waals surface area contributed by atoms with E-state index < -0.39 is 0 Å². The van der Waals surface area contributed by atoms with Gasteiger partial charge in [0.25, 0.3) is 0 Å². The van der Waals surface area contributed by atoms with Crippen LogP contribution in [0.4, 0.5) is 0 Å². The van der Waals surface area contributed by atoms with Crippen LogP contribution in [0.15, 0.2) is 41.2 Å². The minimum absolute atomic E-state index is 0.236. The Morgan fingerprint density at radius 3 is 2.72 bits per heavy atom. The average Bonchev–Trinajstić information content (AvgIpc) is 3.15. The fourth-order valence-corrected chi connectivity index (χ4v) is 3.16. The number of hydrogen-bond donors (Lipinski definition) is 0. The number of furan rings is 1. The Morgan fingerprint density at radius 1 is 1.24 bits per heavy atom. The summed E-state index contributed by atoms with van der Waals surface area (Å²) in [4.78, 5) is 13.9. The predicted molar refractivity (Wildman–Crippen MR) is 95.8 cm³/mol. The molecule has 5 heteroatoms. The van der Waals surface area contributed by atoms with Crippen molar-refractivity contribution in [3.8, 4) is 22.6 Å². The number of carbonyl (C=O) groups is 1. The normalized spacial score (nSPS) is 17.8. The molecule has 0 N–H and O–H groups in total. The van der Waals surface area contributed by atoms with Crippen molar-refractivity contribution in [2.45, 2.75) is 32.7 Å². The number of methoxy groups -OCH3 is 1. The topological polar surface area (TPSA) is 51.9 Å². The monoisotopic (exact) mass is 343 g/mol. The highest BCUT2D eigenvalue weighted by molar-refractivity contribution is 5.77. The van der Waals surface area contributed by atoms with Crippen molar-refractivity contribution < 1.29 is 18.7 Å². The van der Waals surface area contributed by atoms with Gasteiger partial charge in [0.1, 0.15) is 11.5 Å². The summed E-state index contributed by atoms with van der Waals surface area (Å²) in [6.45, 7) is 5.46. The quantitative estimate of drug-likeness (QED) is 0.796. The smallest absolute Gasteiger partial charge is 0.222 e. The van der Waals surface area contributed by atoms with E-state index in [4.69, 9.17) is 13.9 Å². The van der Waals surface area contributed by atoms with Crippen LogP contribution >= 0.6 is 0 Å². The molecule has 1 aromatic heterocycles. The van der Waals surface area contributed by atoms with Gasteiger partial charge in [-0.2, -0.15) is 0 Å². The van der Waals surface area contributed by atoms with E-state index in [1.54, 1.807) is 19.6 Å². The van der Waals surface area contributed by atoms with Crippen molar-refractivity contribution in [1.29, 1.82) is 0 Å². The second kappa shape index (κ2) is 7.64. The van der Waals surface area contributed by atoms with E-state index in [2.05, 4.69) is 13.8 Å². The third-order valence-corrected chi connectivity index (χ3v) is 4.62. The summed E-state index contributed by atoms with van der Waals surface area (Å²) in [5, 5.41) is 0. The molecule has 0 aliphatic carbocycles. The van der Waals surface area contributed by atoms with E-state index in [-0.39, 0.29) is 11.9 Å². The van der Waals surface area contributed by atoms with E-state index in [1.807, 2.05) is 29.2 Å². The number of piperidine rings is 1. The molecule has 0 radical (unpaired) electrons. The number of hydrogen-bond acceptors (Lipinski definition) is 4. The van der Waals surface area contributed by atoms with Gasteiger partial charge in [-0.3, -0.25) is 4.79 Å². The van der Waals surface area contributed by atoms with Crippen LogP contribution in [0.3, 0.4) is 0 Å². The molecule has 0 bridgehead atoms. The van der Waals surface area contributed by atoms with Crippen LogP contribution in [0.25, 0.3) is 11.1 Å². The molecule has 0 saturated carbocycles. The highest BCUT2D eigenvalue weighted by atomic mass is 16.5. The summed E-state index contributed by atoms with van der Waals surface area (Å²) in [6.07, 6.45) is 4.83. The first-order chi connectivity index (χ1) is 12.1. The molecule has 1 amide bonds. The van der Waals surface area contributed by atoms with E-state index >= 15 is 0 Å². The summed E-state index contributed by atoms with van der Waals surface area (Å²) in [7, 11) is 1.64. The maximum Gasteiger partial charge on any atom is 0.222 e. The van der Waals surface area contributed by atoms with Crippen molar-refractivity contribution in [2.75, 3.05) is 20.3 Å². The Bertz CT molecular complexity index is 708. The molecule has 2 aromatic rings. The van der Waals surface area contributed by atoms with E-state index in [0.717, 1.165) is 35.6 Å². The molecule has 1 fully saturated rings. The van der Waals surface area contributed by atoms with Crippen LogP contribution in [-0.2, 0) is 4.79 Å². The highest BCUT2D eigenvalue weighted by Crippen LogP contribution is 2.31. The summed E-state index contributed by atoms with van der Waals surface area (Å²) in [5.41, 5.74) is 1.98. The standard InChI is InChI=1S/C20H25NO4/c1-14(2)21-11-15(4-5-20(21)22)12-25-19-9-17(8-18(10-19)23-3)16-6-7-24-13-16/h6-10,13-15H,4-5,11-12H2,1-3H3. The zero-order valence-corrected chi connectivity index (χ0v) is 15.0. The van der Waals surface area contributed by atoms with E-state index in [0.29, 0.717) is 18.9 Å². The molecule has 1 aliphatic heterocycles. The number of nitrogens with zero attached hydrogens (tertiary/aromatic N) is 1. The number of likely N-dealkylation sites (tertiary alicyclic amines) is 1. The second-order valence-corrected chi connectivity index (χ2v) is 6.76. The molecular weight excluding hydrogens is 318 g/mol. The lowest BCUT2D eigenvalue weighted by molar-refractivity contribution is -0.137. The van der Waals surface area contributed by atoms with Gasteiger partial charge in [-0.05, 0) is 44.0 Å². The van der Waals surface area contributed by atoms with E-state index in [9.17, 15) is 4.79 Å². The number of amides is 1. The van der Waals surface area contributed by atoms with Gasteiger partial charge in [-0.15, -0.1) is 0 Å². The Balaban J connectivity index is 1.68. The summed E-state index contributed by atoms with van der Waals surface area (Å²) >= 11 is 0. The van der Waals surface area contributed by atoms with Crippen molar-refractivity contribution in [2.24, 2.45) is 5.92 Å². The lowest BCUT2D eigenvalue weighted by Crippen LogP contribution is -2.45. The molecule has 1 unspecified atom stereocenters. The first-order valence-electron chi connectivity index (χ1n) is 8.70. The van der Waals surface area contributed by atoms with Crippen molar-refractivity contribution in [3.63, 3.8) is 0 Å². The van der Waals surface area contributed by atoms with Gasteiger partial charge < -0.3 is 18.8 Å². The Labute approximate surface area is 148 Å². The van der Waals surface area contributed by atoms with Crippen molar-refractivity contribution >= 4 is 5.91 Å². The van der Waals surface area contributed by atoms with Crippen LogP contribution in [0.1, 0.15) is 26.7 Å². The molecule has 2 heterocycles. The van der Waals surface area contributed by atoms with Crippen molar-refractivity contribution in [1.82, 2.24) is 4.90 Å². The maximum atomic E-state index is 12.0. The van der Waals surface area contributed by atoms with Crippen LogP contribution in [0, 0.1) is 5.92 Å². The molecule has 0 spiro atoms. The number of carbonyl (C=O) groups excluding carboxylic acids is 1. The molecule has 3 rings (SSSR count). The number of rotatable bonds is 6. The van der Waals surface area contributed by atoms with Crippen LogP contribution < -0.4 is 9.47 Å². The fourth-order valence-electron chi connectivity index (χ4n) is 3.16. The molecule has 1 saturated heterocycles. The summed E-state index contributed by atoms with van der Waals surface area (Å²) in [5.74, 6) is 2.11. The Hall–Kier alpha value is -2.43. The average molecular weight is 343 g/mol. The second-order valence-electron chi connectivity index (χ2n) is 6.76. The third-order valence-electron chi connectivity index (χ3n) is 4.62. The lowest BCUT2D eigenvalue weighted by Gasteiger charge is -2.35. The maximum absolute atomic E-state index is 12.0. The minimum atomic E-state index is 0.236. The Morgan fingerprint density at radius 2 is 2.04 bits per heavy atom. The first kappa shape index (κ1) is 17.4. The third kappa shape index (κ3) is 4.16. The van der Waals surface area contributed by atoms with Crippen LogP contribution in [0.5, 0.6) is 11.5 Å². The van der Waals surface area contributed by atoms with Crippen LogP contribution in [-0.4, -0.2) is 37.1 Å². The predicted octanol–water partition coefficient (Wildman–Crippen LogP) is 3.98. The SMILES string of the molecule is COc1cc(OCC2CCC(=O)N(C(C)C)C2)cc(-c2ccoc2)c1. The Kier molecular flexibility index (Phi) is 5.31. The van der Waals surface area contributed by atoms with Gasteiger partial charge in [0.15, 0.2) is 0 Å². The van der Waals surface area contributed by atoms with Gasteiger partial charge in [0.2, 0.25) is 5.91 Å². The summed E-state index contributed by atoms with van der Waals surface area (Å²) in [6, 6.07) is 7.97. The number of ether oxygens (including phenoxy) is 2. The van der Waals surface area contributed by atoms with Gasteiger partial charge in [0, 0.05) is 36.6 Å². The molecule has 1 aliphatic rings. The zero-order valence-electron chi connectivity index (χ0n) is 15.0. The minimum Gasteiger partial charge on any atom is -0.497 e. The molecule has 1 aromatic carbocycles. The van der Waals surface area contributed by atoms with Crippen molar-refractivity contribution in [3.05, 3.63) is 36.8 Å². The first-order valence-corrected chi connectivity index (χ1v) is 8.70. The molecule has 5 nitrogen and oxygen atoms in total. The van der Waals surface area contributed by atoms with E-state index in [1.165, 1.54) is 0 Å². The van der Waals surface area contributed by atoms with Gasteiger partial charge >= 0.3 is 0 Å². The van der Waals surface area contributed by atoms with Gasteiger partial charge in [-0.25, -0.2) is 0 Å². The largest absolute Gasteiger partial charge is 0.497 e. The summed E-state index contributed by atoms with van der Waals surface area (Å²) < 4.78 is 16.6. The number of benzene rings is 1. The van der Waals surface area contributed by atoms with Crippen LogP contribution in [0.2, 0.25) is 0 Å². The lowest BCUT2D eigenvalue weighted by atomic mass is 9.97. The molecule has 1 atom stereocenters. The van der Waals surface area contributed by atoms with Gasteiger partial charge in [0.05, 0.1) is 26.2 Å². The fraction of sp³-hybridized carbons (Fsp3) is 0.450. The molecule has 25 heavy (non-hydrogen) atoms. The highest BCUT2D eigenvalue weighted by Gasteiger charge is 2.27. The zero-order chi connectivity index (χ0) is 17.8. The molecular formula is C20H25NO4.